The third-order valence-corrected chi connectivity index (χ3v) is 3.62. The van der Waals surface area contributed by atoms with Gasteiger partial charge in [-0.05, 0) is 25.5 Å². The van der Waals surface area contributed by atoms with Crippen molar-refractivity contribution >= 4 is 11.6 Å². The van der Waals surface area contributed by atoms with E-state index in [0.717, 1.165) is 23.8 Å². The van der Waals surface area contributed by atoms with Crippen LogP contribution in [0, 0.1) is 15.9 Å². The minimum absolute atomic E-state index is 0.0574. The van der Waals surface area contributed by atoms with Gasteiger partial charge in [0.2, 0.25) is 0 Å². The number of ether oxygens (including phenoxy) is 1. The molecule has 25 heavy (non-hydrogen) atoms. The lowest BCUT2D eigenvalue weighted by atomic mass is 10.2. The molecule has 0 aliphatic heterocycles. The first-order chi connectivity index (χ1) is 11.9. The Bertz CT molecular complexity index is 750. The second kappa shape index (κ2) is 8.23. The molecule has 0 spiro atoms. The predicted octanol–water partition coefficient (Wildman–Crippen LogP) is 3.55. The second-order valence-electron chi connectivity index (χ2n) is 5.76. The van der Waals surface area contributed by atoms with Crippen LogP contribution >= 0.6 is 0 Å². The van der Waals surface area contributed by atoms with E-state index in [1.54, 1.807) is 4.90 Å². The maximum Gasteiger partial charge on any atom is 0.272 e. The number of nitro groups is 1. The fraction of sp³-hybridized carbons (Fsp3) is 0.278. The number of carbonyl (C=O) groups excluding carboxylic acids is 1. The molecule has 0 atom stereocenters. The van der Waals surface area contributed by atoms with Crippen molar-refractivity contribution in [3.8, 4) is 5.75 Å². The highest BCUT2D eigenvalue weighted by molar-refractivity contribution is 5.78. The number of amides is 1. The molecular weight excluding hydrogens is 327 g/mol. The molecule has 132 valence electrons. The molecule has 0 bridgehead atoms. The number of hydrogen-bond acceptors (Lipinski definition) is 4. The Labute approximate surface area is 145 Å². The van der Waals surface area contributed by atoms with Gasteiger partial charge in [0.05, 0.1) is 11.0 Å². The first-order valence-corrected chi connectivity index (χ1v) is 7.78. The monoisotopic (exact) mass is 346 g/mol. The van der Waals surface area contributed by atoms with Crippen LogP contribution in [0.15, 0.2) is 48.5 Å². The number of benzene rings is 2. The van der Waals surface area contributed by atoms with Crippen molar-refractivity contribution < 1.29 is 18.8 Å². The SMILES string of the molecule is CC(C)N(Cc1ccccc1)C(=O)COc1ccc([N+](=O)[O-])cc1F. The van der Waals surface area contributed by atoms with Crippen molar-refractivity contribution in [1.82, 2.24) is 4.90 Å². The Morgan fingerprint density at radius 2 is 1.92 bits per heavy atom. The maximum atomic E-state index is 13.8. The molecule has 0 N–H and O–H groups in total. The summed E-state index contributed by atoms with van der Waals surface area (Å²) in [4.78, 5) is 24.0. The lowest BCUT2D eigenvalue weighted by molar-refractivity contribution is -0.385. The lowest BCUT2D eigenvalue weighted by Crippen LogP contribution is -2.39. The molecule has 0 aromatic heterocycles. The summed E-state index contributed by atoms with van der Waals surface area (Å²) in [7, 11) is 0. The smallest absolute Gasteiger partial charge is 0.272 e. The van der Waals surface area contributed by atoms with Crippen molar-refractivity contribution in [2.45, 2.75) is 26.4 Å². The first-order valence-electron chi connectivity index (χ1n) is 7.78. The van der Waals surface area contributed by atoms with Gasteiger partial charge in [0.15, 0.2) is 18.2 Å². The second-order valence-corrected chi connectivity index (χ2v) is 5.76. The molecule has 2 aromatic rings. The van der Waals surface area contributed by atoms with E-state index in [1.165, 1.54) is 0 Å². The minimum atomic E-state index is -0.874. The molecule has 0 heterocycles. The summed E-state index contributed by atoms with van der Waals surface area (Å²) in [6.07, 6.45) is 0. The largest absolute Gasteiger partial charge is 0.481 e. The van der Waals surface area contributed by atoms with Crippen LogP contribution in [-0.4, -0.2) is 28.4 Å². The van der Waals surface area contributed by atoms with Crippen molar-refractivity contribution in [1.29, 1.82) is 0 Å². The fourth-order valence-electron chi connectivity index (χ4n) is 2.28. The molecule has 0 saturated carbocycles. The van der Waals surface area contributed by atoms with E-state index in [0.29, 0.717) is 6.54 Å². The summed E-state index contributed by atoms with van der Waals surface area (Å²) in [5.74, 6) is -1.36. The average molecular weight is 346 g/mol. The number of halogens is 1. The van der Waals surface area contributed by atoms with Gasteiger partial charge in [-0.1, -0.05) is 30.3 Å². The van der Waals surface area contributed by atoms with Crippen LogP contribution in [0.1, 0.15) is 19.4 Å². The molecule has 0 aliphatic rings. The molecule has 2 aromatic carbocycles. The molecule has 0 radical (unpaired) electrons. The van der Waals surface area contributed by atoms with E-state index in [9.17, 15) is 19.3 Å². The van der Waals surface area contributed by atoms with Gasteiger partial charge in [-0.15, -0.1) is 0 Å². The van der Waals surface area contributed by atoms with Gasteiger partial charge < -0.3 is 9.64 Å². The highest BCUT2D eigenvalue weighted by Gasteiger charge is 2.19. The molecule has 0 fully saturated rings. The standard InChI is InChI=1S/C18H19FN2O4/c1-13(2)20(11-14-6-4-3-5-7-14)18(22)12-25-17-9-8-15(21(23)24)10-16(17)19/h3-10,13H,11-12H2,1-2H3. The zero-order valence-corrected chi connectivity index (χ0v) is 14.0. The zero-order valence-electron chi connectivity index (χ0n) is 14.0. The third-order valence-electron chi connectivity index (χ3n) is 3.62. The predicted molar refractivity (Wildman–Crippen MR) is 90.7 cm³/mol. The summed E-state index contributed by atoms with van der Waals surface area (Å²) in [5, 5.41) is 10.6. The Morgan fingerprint density at radius 1 is 1.24 bits per heavy atom. The van der Waals surface area contributed by atoms with Gasteiger partial charge in [-0.3, -0.25) is 14.9 Å². The van der Waals surface area contributed by atoms with Crippen LogP contribution in [0.3, 0.4) is 0 Å². The van der Waals surface area contributed by atoms with Crippen LogP contribution in [0.25, 0.3) is 0 Å². The Kier molecular flexibility index (Phi) is 6.05. The summed E-state index contributed by atoms with van der Waals surface area (Å²) in [6.45, 7) is 3.84. The number of hydrogen-bond donors (Lipinski definition) is 0. The highest BCUT2D eigenvalue weighted by atomic mass is 19.1. The van der Waals surface area contributed by atoms with E-state index in [4.69, 9.17) is 4.74 Å². The number of carbonyl (C=O) groups is 1. The quantitative estimate of drug-likeness (QED) is 0.568. The van der Waals surface area contributed by atoms with E-state index < -0.39 is 10.7 Å². The Morgan fingerprint density at radius 3 is 2.48 bits per heavy atom. The molecule has 0 unspecified atom stereocenters. The van der Waals surface area contributed by atoms with Crippen molar-refractivity contribution in [2.75, 3.05) is 6.61 Å². The number of nitro benzene ring substituents is 1. The van der Waals surface area contributed by atoms with E-state index in [1.807, 2.05) is 44.2 Å². The fourth-order valence-corrected chi connectivity index (χ4v) is 2.28. The molecule has 1 amide bonds. The lowest BCUT2D eigenvalue weighted by Gasteiger charge is -2.27. The van der Waals surface area contributed by atoms with Crippen LogP contribution in [0.2, 0.25) is 0 Å². The number of rotatable bonds is 7. The zero-order chi connectivity index (χ0) is 18.4. The topological polar surface area (TPSA) is 72.7 Å². The number of non-ortho nitro benzene ring substituents is 1. The molecule has 0 aliphatic carbocycles. The first kappa shape index (κ1) is 18.4. The summed E-state index contributed by atoms with van der Waals surface area (Å²) >= 11 is 0. The highest BCUT2D eigenvalue weighted by Crippen LogP contribution is 2.22. The molecule has 6 nitrogen and oxygen atoms in total. The van der Waals surface area contributed by atoms with E-state index in [2.05, 4.69) is 0 Å². The van der Waals surface area contributed by atoms with Gasteiger partial charge in [0.1, 0.15) is 0 Å². The molecule has 7 heteroatoms. The molecule has 0 saturated heterocycles. The van der Waals surface area contributed by atoms with Gasteiger partial charge in [-0.2, -0.15) is 0 Å². The van der Waals surface area contributed by atoms with Gasteiger partial charge in [0.25, 0.3) is 11.6 Å². The van der Waals surface area contributed by atoms with Crippen LogP contribution in [0.4, 0.5) is 10.1 Å². The van der Waals surface area contributed by atoms with Crippen LogP contribution < -0.4 is 4.74 Å². The third kappa shape index (κ3) is 5.00. The van der Waals surface area contributed by atoms with Gasteiger partial charge >= 0.3 is 0 Å². The van der Waals surface area contributed by atoms with Gasteiger partial charge in [-0.25, -0.2) is 4.39 Å². The van der Waals surface area contributed by atoms with E-state index >= 15 is 0 Å². The van der Waals surface area contributed by atoms with Crippen molar-refractivity contribution in [3.05, 3.63) is 70.0 Å². The van der Waals surface area contributed by atoms with Crippen LogP contribution in [0.5, 0.6) is 5.75 Å². The van der Waals surface area contributed by atoms with Crippen LogP contribution in [-0.2, 0) is 11.3 Å². The molecular formula is C18H19FN2O4. The van der Waals surface area contributed by atoms with Gasteiger partial charge in [0, 0.05) is 18.7 Å². The van der Waals surface area contributed by atoms with E-state index in [-0.39, 0.29) is 30.0 Å². The Hall–Kier alpha value is -2.96. The van der Waals surface area contributed by atoms with Crippen molar-refractivity contribution in [3.63, 3.8) is 0 Å². The van der Waals surface area contributed by atoms with Crippen molar-refractivity contribution in [2.24, 2.45) is 0 Å². The Balaban J connectivity index is 2.03. The average Bonchev–Trinajstić information content (AvgIpc) is 2.58. The normalized spacial score (nSPS) is 10.6. The minimum Gasteiger partial charge on any atom is -0.481 e. The summed E-state index contributed by atoms with van der Waals surface area (Å²) in [6, 6.07) is 12.5. The maximum absolute atomic E-state index is 13.8. The summed E-state index contributed by atoms with van der Waals surface area (Å²) in [5.41, 5.74) is 0.607. The number of nitrogens with zero attached hydrogens (tertiary/aromatic N) is 2. The summed E-state index contributed by atoms with van der Waals surface area (Å²) < 4.78 is 19.0. The molecule has 2 rings (SSSR count).